The van der Waals surface area contributed by atoms with E-state index in [1.165, 1.54) is 4.90 Å². The molecule has 3 unspecified atom stereocenters. The average Bonchev–Trinajstić information content (AvgIpc) is 2.52. The van der Waals surface area contributed by atoms with Gasteiger partial charge in [-0.1, -0.05) is 12.1 Å². The largest absolute Gasteiger partial charge is 0.479 e. The molecule has 24 heavy (non-hydrogen) atoms. The summed E-state index contributed by atoms with van der Waals surface area (Å²) in [5.74, 6) is 0.335. The van der Waals surface area contributed by atoms with E-state index in [1.807, 2.05) is 18.2 Å². The quantitative estimate of drug-likeness (QED) is 0.863. The Kier molecular flexibility index (Phi) is 6.07. The molecule has 3 atom stereocenters. The van der Waals surface area contributed by atoms with Gasteiger partial charge in [-0.15, -0.1) is 12.4 Å². The van der Waals surface area contributed by atoms with Crippen LogP contribution in [0.15, 0.2) is 24.3 Å². The van der Waals surface area contributed by atoms with Gasteiger partial charge in [-0.2, -0.15) is 0 Å². The number of para-hydroxylation sites is 2. The van der Waals surface area contributed by atoms with Crippen LogP contribution >= 0.6 is 12.4 Å². The summed E-state index contributed by atoms with van der Waals surface area (Å²) < 4.78 is 5.59. The molecule has 0 saturated carbocycles. The van der Waals surface area contributed by atoms with Crippen LogP contribution in [0, 0.1) is 0 Å². The monoisotopic (exact) mass is 353 g/mol. The van der Waals surface area contributed by atoms with Gasteiger partial charge in [0.1, 0.15) is 12.3 Å². The Hall–Kier alpha value is -1.79. The number of benzene rings is 1. The summed E-state index contributed by atoms with van der Waals surface area (Å²) in [6.45, 7) is 4.75. The lowest BCUT2D eigenvalue weighted by Gasteiger charge is -2.33. The minimum atomic E-state index is -0.573. The van der Waals surface area contributed by atoms with Crippen LogP contribution in [0.25, 0.3) is 0 Å². The highest BCUT2D eigenvalue weighted by atomic mass is 35.5. The van der Waals surface area contributed by atoms with E-state index in [0.29, 0.717) is 17.5 Å². The lowest BCUT2D eigenvalue weighted by molar-refractivity contribution is -0.128. The number of hydrogen-bond acceptors (Lipinski definition) is 4. The van der Waals surface area contributed by atoms with Crippen LogP contribution in [0.2, 0.25) is 0 Å². The molecule has 2 aliphatic heterocycles. The smallest absolute Gasteiger partial charge is 0.268 e. The van der Waals surface area contributed by atoms with Crippen molar-refractivity contribution in [3.63, 3.8) is 0 Å². The van der Waals surface area contributed by atoms with Crippen molar-refractivity contribution in [1.29, 1.82) is 0 Å². The van der Waals surface area contributed by atoms with Gasteiger partial charge in [-0.25, -0.2) is 0 Å². The van der Waals surface area contributed by atoms with Crippen LogP contribution in [0.5, 0.6) is 5.75 Å². The third-order valence-electron chi connectivity index (χ3n) is 4.36. The molecule has 0 spiro atoms. The van der Waals surface area contributed by atoms with Crippen molar-refractivity contribution >= 4 is 29.9 Å². The predicted octanol–water partition coefficient (Wildman–Crippen LogP) is 1.48. The number of nitrogens with one attached hydrogen (secondary N) is 2. The molecule has 0 bridgehead atoms. The molecular formula is C17H24ClN3O3. The van der Waals surface area contributed by atoms with E-state index < -0.39 is 6.10 Å². The predicted molar refractivity (Wildman–Crippen MR) is 94.8 cm³/mol. The number of rotatable bonds is 3. The SMILES string of the molecule is CC1CC(NC(=O)CN2C(=O)C(C)Oc3ccccc32)CCN1.Cl. The number of fused-ring (bicyclic) bond motifs is 1. The van der Waals surface area contributed by atoms with E-state index in [-0.39, 0.29) is 36.8 Å². The molecule has 1 saturated heterocycles. The highest BCUT2D eigenvalue weighted by molar-refractivity contribution is 6.03. The Labute approximate surface area is 148 Å². The van der Waals surface area contributed by atoms with Crippen LogP contribution in [-0.2, 0) is 9.59 Å². The molecule has 7 heteroatoms. The van der Waals surface area contributed by atoms with E-state index >= 15 is 0 Å². The highest BCUT2D eigenvalue weighted by Crippen LogP contribution is 2.33. The third-order valence-corrected chi connectivity index (χ3v) is 4.36. The fourth-order valence-electron chi connectivity index (χ4n) is 3.20. The number of piperidine rings is 1. The van der Waals surface area contributed by atoms with Crippen LogP contribution in [0.1, 0.15) is 26.7 Å². The normalized spacial score (nSPS) is 26.0. The molecule has 1 aromatic carbocycles. The third kappa shape index (κ3) is 3.99. The Morgan fingerprint density at radius 1 is 1.38 bits per heavy atom. The van der Waals surface area contributed by atoms with Gasteiger partial charge in [0.2, 0.25) is 5.91 Å². The van der Waals surface area contributed by atoms with Crippen molar-refractivity contribution in [2.45, 2.75) is 44.9 Å². The first kappa shape index (κ1) is 18.5. The molecule has 2 heterocycles. The first-order chi connectivity index (χ1) is 11.0. The van der Waals surface area contributed by atoms with Gasteiger partial charge >= 0.3 is 0 Å². The average molecular weight is 354 g/mol. The molecule has 0 radical (unpaired) electrons. The van der Waals surface area contributed by atoms with Crippen molar-refractivity contribution < 1.29 is 14.3 Å². The number of ether oxygens (including phenoxy) is 1. The van der Waals surface area contributed by atoms with Gasteiger partial charge < -0.3 is 15.4 Å². The lowest BCUT2D eigenvalue weighted by atomic mass is 10.0. The van der Waals surface area contributed by atoms with Crippen LogP contribution in [-0.4, -0.2) is 43.1 Å². The Morgan fingerprint density at radius 3 is 2.88 bits per heavy atom. The maximum absolute atomic E-state index is 12.4. The number of anilines is 1. The summed E-state index contributed by atoms with van der Waals surface area (Å²) in [5, 5.41) is 6.41. The minimum Gasteiger partial charge on any atom is -0.479 e. The van der Waals surface area contributed by atoms with Crippen molar-refractivity contribution in [2.75, 3.05) is 18.0 Å². The molecule has 132 valence electrons. The van der Waals surface area contributed by atoms with E-state index in [0.717, 1.165) is 19.4 Å². The minimum absolute atomic E-state index is 0. The molecule has 6 nitrogen and oxygen atoms in total. The number of carbonyl (C=O) groups is 2. The summed E-state index contributed by atoms with van der Waals surface area (Å²) in [6.07, 6.45) is 1.26. The summed E-state index contributed by atoms with van der Waals surface area (Å²) >= 11 is 0. The second kappa shape index (κ2) is 7.85. The molecule has 2 aliphatic rings. The van der Waals surface area contributed by atoms with E-state index in [1.54, 1.807) is 13.0 Å². The summed E-state index contributed by atoms with van der Waals surface area (Å²) in [4.78, 5) is 26.3. The number of halogens is 1. The fourth-order valence-corrected chi connectivity index (χ4v) is 3.20. The topological polar surface area (TPSA) is 70.7 Å². The first-order valence-corrected chi connectivity index (χ1v) is 8.14. The van der Waals surface area contributed by atoms with Crippen LogP contribution in [0.4, 0.5) is 5.69 Å². The first-order valence-electron chi connectivity index (χ1n) is 8.14. The molecule has 0 aromatic heterocycles. The molecule has 3 rings (SSSR count). The van der Waals surface area contributed by atoms with Crippen molar-refractivity contribution in [3.05, 3.63) is 24.3 Å². The summed E-state index contributed by atoms with van der Waals surface area (Å²) in [6, 6.07) is 7.89. The zero-order chi connectivity index (χ0) is 16.4. The highest BCUT2D eigenvalue weighted by Gasteiger charge is 2.33. The molecule has 2 amide bonds. The molecule has 1 fully saturated rings. The fraction of sp³-hybridized carbons (Fsp3) is 0.529. The number of carbonyl (C=O) groups excluding carboxylic acids is 2. The zero-order valence-corrected chi connectivity index (χ0v) is 14.8. The van der Waals surface area contributed by atoms with Crippen LogP contribution < -0.4 is 20.3 Å². The van der Waals surface area contributed by atoms with Crippen molar-refractivity contribution in [2.24, 2.45) is 0 Å². The van der Waals surface area contributed by atoms with E-state index in [9.17, 15) is 9.59 Å². The number of amides is 2. The summed E-state index contributed by atoms with van der Waals surface area (Å²) in [7, 11) is 0. The Balaban J connectivity index is 0.00000208. The summed E-state index contributed by atoms with van der Waals surface area (Å²) in [5.41, 5.74) is 0.657. The molecule has 0 aliphatic carbocycles. The maximum atomic E-state index is 12.4. The van der Waals surface area contributed by atoms with Crippen molar-refractivity contribution in [3.8, 4) is 5.75 Å². The maximum Gasteiger partial charge on any atom is 0.268 e. The second-order valence-electron chi connectivity index (χ2n) is 6.30. The van der Waals surface area contributed by atoms with Crippen molar-refractivity contribution in [1.82, 2.24) is 10.6 Å². The Morgan fingerprint density at radius 2 is 2.12 bits per heavy atom. The molecule has 1 aromatic rings. The van der Waals surface area contributed by atoms with Gasteiger partial charge in [0.15, 0.2) is 6.10 Å². The lowest BCUT2D eigenvalue weighted by Crippen LogP contribution is -2.52. The molecule has 2 N–H and O–H groups in total. The van der Waals surface area contributed by atoms with Gasteiger partial charge in [0, 0.05) is 12.1 Å². The zero-order valence-electron chi connectivity index (χ0n) is 14.0. The Bertz CT molecular complexity index is 610. The van der Waals surface area contributed by atoms with Gasteiger partial charge in [-0.05, 0) is 45.4 Å². The van der Waals surface area contributed by atoms with Gasteiger partial charge in [0.25, 0.3) is 5.91 Å². The van der Waals surface area contributed by atoms with Crippen LogP contribution in [0.3, 0.4) is 0 Å². The number of nitrogens with zero attached hydrogens (tertiary/aromatic N) is 1. The van der Waals surface area contributed by atoms with E-state index in [4.69, 9.17) is 4.74 Å². The standard InChI is InChI=1S/C17H23N3O3.ClH/c1-11-9-13(7-8-18-11)19-16(21)10-20-14-5-3-4-6-15(14)23-12(2)17(20)22;/h3-6,11-13,18H,7-10H2,1-2H3,(H,19,21);1H. The van der Waals surface area contributed by atoms with Gasteiger partial charge in [0.05, 0.1) is 5.69 Å². The number of hydrogen-bond donors (Lipinski definition) is 2. The van der Waals surface area contributed by atoms with E-state index in [2.05, 4.69) is 17.6 Å². The molecular weight excluding hydrogens is 330 g/mol. The second-order valence-corrected chi connectivity index (χ2v) is 6.30. The van der Waals surface area contributed by atoms with Gasteiger partial charge in [-0.3, -0.25) is 14.5 Å².